The second kappa shape index (κ2) is 5.05. The number of alkyl halides is 2. The topological polar surface area (TPSA) is 41.1 Å². The summed E-state index contributed by atoms with van der Waals surface area (Å²) in [6.07, 6.45) is 1.37. The molecule has 0 bridgehead atoms. The highest BCUT2D eigenvalue weighted by Crippen LogP contribution is 2.56. The Morgan fingerprint density at radius 3 is 2.67 bits per heavy atom. The zero-order valence-electron chi connectivity index (χ0n) is 12.1. The number of amides is 1. The van der Waals surface area contributed by atoms with E-state index in [1.54, 1.807) is 0 Å². The van der Waals surface area contributed by atoms with Gasteiger partial charge in [-0.3, -0.25) is 4.79 Å². The van der Waals surface area contributed by atoms with Crippen molar-refractivity contribution >= 4 is 5.91 Å². The molecular weight excluding hydrogens is 274 g/mol. The molecule has 3 rings (SSSR count). The van der Waals surface area contributed by atoms with E-state index in [0.717, 1.165) is 19.9 Å². The Hall–Kier alpha value is -1.49. The van der Waals surface area contributed by atoms with E-state index in [2.05, 4.69) is 22.8 Å². The summed E-state index contributed by atoms with van der Waals surface area (Å²) in [7, 11) is 0. The Bertz CT molecular complexity index is 549. The minimum Gasteiger partial charge on any atom is -0.354 e. The number of fused-ring (bicyclic) bond motifs is 1. The van der Waals surface area contributed by atoms with Crippen molar-refractivity contribution in [2.75, 3.05) is 6.54 Å². The standard InChI is InChI=1S/C16H20F2N2O/c1-15(17,18)16(6-7-16)14(21)20-10-13-8-11-4-2-3-5-12(11)9-19-13/h2-5,13,19H,6-10H2,1H3,(H,20,21). The van der Waals surface area contributed by atoms with Gasteiger partial charge in [0, 0.05) is 26.1 Å². The van der Waals surface area contributed by atoms with Crippen LogP contribution in [0.3, 0.4) is 0 Å². The maximum Gasteiger partial charge on any atom is 0.259 e. The number of halogens is 2. The van der Waals surface area contributed by atoms with Gasteiger partial charge < -0.3 is 10.6 Å². The van der Waals surface area contributed by atoms with Crippen molar-refractivity contribution in [2.24, 2.45) is 5.41 Å². The van der Waals surface area contributed by atoms with E-state index in [1.807, 2.05) is 12.1 Å². The van der Waals surface area contributed by atoms with E-state index in [0.29, 0.717) is 6.54 Å². The molecule has 1 atom stereocenters. The Morgan fingerprint density at radius 2 is 2.05 bits per heavy atom. The third-order valence-electron chi connectivity index (χ3n) is 4.70. The van der Waals surface area contributed by atoms with Crippen LogP contribution in [-0.4, -0.2) is 24.4 Å². The van der Waals surface area contributed by atoms with Gasteiger partial charge in [0.2, 0.25) is 5.91 Å². The first-order chi connectivity index (χ1) is 9.92. The maximum atomic E-state index is 13.5. The van der Waals surface area contributed by atoms with Gasteiger partial charge in [-0.15, -0.1) is 0 Å². The van der Waals surface area contributed by atoms with Crippen LogP contribution in [0, 0.1) is 5.41 Å². The van der Waals surface area contributed by atoms with Crippen LogP contribution in [0.25, 0.3) is 0 Å². The van der Waals surface area contributed by atoms with Crippen LogP contribution in [0.5, 0.6) is 0 Å². The van der Waals surface area contributed by atoms with Crippen molar-refractivity contribution in [3.05, 3.63) is 35.4 Å². The second-order valence-electron chi connectivity index (χ2n) is 6.23. The highest BCUT2D eigenvalue weighted by Gasteiger charge is 2.64. The normalized spacial score (nSPS) is 23.3. The molecule has 1 aromatic rings. The summed E-state index contributed by atoms with van der Waals surface area (Å²) < 4.78 is 27.0. The predicted molar refractivity (Wildman–Crippen MR) is 76.1 cm³/mol. The summed E-state index contributed by atoms with van der Waals surface area (Å²) in [5.74, 6) is -3.44. The molecule has 1 fully saturated rings. The molecule has 1 saturated carbocycles. The number of nitrogens with one attached hydrogen (secondary N) is 2. The fourth-order valence-electron chi connectivity index (χ4n) is 3.04. The van der Waals surface area contributed by atoms with Gasteiger partial charge >= 0.3 is 0 Å². The van der Waals surface area contributed by atoms with Gasteiger partial charge in [-0.25, -0.2) is 8.78 Å². The zero-order valence-corrected chi connectivity index (χ0v) is 12.1. The summed E-state index contributed by atoms with van der Waals surface area (Å²) in [6.45, 7) is 1.99. The van der Waals surface area contributed by atoms with Crippen LogP contribution in [0.2, 0.25) is 0 Å². The third kappa shape index (κ3) is 2.67. The molecule has 21 heavy (non-hydrogen) atoms. The van der Waals surface area contributed by atoms with Crippen molar-refractivity contribution in [3.8, 4) is 0 Å². The molecule has 1 aromatic carbocycles. The summed E-state index contributed by atoms with van der Waals surface area (Å²) >= 11 is 0. The molecule has 1 aliphatic heterocycles. The molecule has 0 spiro atoms. The van der Waals surface area contributed by atoms with Crippen LogP contribution in [0.1, 0.15) is 30.9 Å². The van der Waals surface area contributed by atoms with Gasteiger partial charge in [0.15, 0.2) is 0 Å². The van der Waals surface area contributed by atoms with Gasteiger partial charge in [-0.2, -0.15) is 0 Å². The minimum absolute atomic E-state index is 0.102. The Morgan fingerprint density at radius 1 is 1.38 bits per heavy atom. The average Bonchev–Trinajstić information content (AvgIpc) is 3.26. The first kappa shape index (κ1) is 14.4. The van der Waals surface area contributed by atoms with E-state index in [1.165, 1.54) is 11.1 Å². The average molecular weight is 294 g/mol. The number of hydrogen-bond acceptors (Lipinski definition) is 2. The van der Waals surface area contributed by atoms with Crippen molar-refractivity contribution < 1.29 is 13.6 Å². The minimum atomic E-state index is -2.94. The van der Waals surface area contributed by atoms with Crippen molar-refractivity contribution in [2.45, 2.75) is 44.7 Å². The number of carbonyl (C=O) groups excluding carboxylic acids is 1. The number of carbonyl (C=O) groups is 1. The quantitative estimate of drug-likeness (QED) is 0.894. The zero-order chi connectivity index (χ0) is 15.1. The SMILES string of the molecule is CC(F)(F)C1(C(=O)NCC2Cc3ccccc3CN2)CC1. The lowest BCUT2D eigenvalue weighted by Gasteiger charge is -2.28. The van der Waals surface area contributed by atoms with Crippen molar-refractivity contribution in [1.82, 2.24) is 10.6 Å². The molecule has 2 N–H and O–H groups in total. The second-order valence-corrected chi connectivity index (χ2v) is 6.23. The maximum absolute atomic E-state index is 13.5. The lowest BCUT2D eigenvalue weighted by atomic mass is 9.95. The van der Waals surface area contributed by atoms with Gasteiger partial charge in [-0.1, -0.05) is 24.3 Å². The number of benzene rings is 1. The fraction of sp³-hybridized carbons (Fsp3) is 0.562. The highest BCUT2D eigenvalue weighted by molar-refractivity contribution is 5.86. The van der Waals surface area contributed by atoms with Gasteiger partial charge in [0.25, 0.3) is 5.92 Å². The molecule has 5 heteroatoms. The van der Waals surface area contributed by atoms with Crippen LogP contribution >= 0.6 is 0 Å². The molecule has 1 heterocycles. The molecule has 3 nitrogen and oxygen atoms in total. The fourth-order valence-corrected chi connectivity index (χ4v) is 3.04. The largest absolute Gasteiger partial charge is 0.354 e. The predicted octanol–water partition coefficient (Wildman–Crippen LogP) is 2.25. The van der Waals surface area contributed by atoms with E-state index >= 15 is 0 Å². The lowest BCUT2D eigenvalue weighted by molar-refractivity contribution is -0.141. The van der Waals surface area contributed by atoms with Crippen LogP contribution in [0.15, 0.2) is 24.3 Å². The molecule has 0 aromatic heterocycles. The summed E-state index contributed by atoms with van der Waals surface area (Å²) in [5.41, 5.74) is 1.07. The Labute approximate surface area is 123 Å². The first-order valence-electron chi connectivity index (χ1n) is 7.39. The Balaban J connectivity index is 1.57. The molecule has 0 saturated heterocycles. The van der Waals surface area contributed by atoms with E-state index in [9.17, 15) is 13.6 Å². The van der Waals surface area contributed by atoms with E-state index in [4.69, 9.17) is 0 Å². The summed E-state index contributed by atoms with van der Waals surface area (Å²) in [6, 6.07) is 8.26. The molecule has 1 aliphatic carbocycles. The van der Waals surface area contributed by atoms with Crippen LogP contribution < -0.4 is 10.6 Å². The number of hydrogen-bond donors (Lipinski definition) is 2. The Kier molecular flexibility index (Phi) is 3.48. The number of rotatable bonds is 4. The molecular formula is C16H20F2N2O. The van der Waals surface area contributed by atoms with E-state index < -0.39 is 17.2 Å². The molecule has 0 radical (unpaired) electrons. The lowest BCUT2D eigenvalue weighted by Crippen LogP contribution is -2.48. The van der Waals surface area contributed by atoms with E-state index in [-0.39, 0.29) is 18.9 Å². The molecule has 2 aliphatic rings. The monoisotopic (exact) mass is 294 g/mol. The van der Waals surface area contributed by atoms with Crippen LogP contribution in [0.4, 0.5) is 8.78 Å². The first-order valence-corrected chi connectivity index (χ1v) is 7.39. The van der Waals surface area contributed by atoms with Crippen LogP contribution in [-0.2, 0) is 17.8 Å². The third-order valence-corrected chi connectivity index (χ3v) is 4.70. The molecule has 1 unspecified atom stereocenters. The van der Waals surface area contributed by atoms with Crippen molar-refractivity contribution in [1.29, 1.82) is 0 Å². The summed E-state index contributed by atoms with van der Waals surface area (Å²) in [4.78, 5) is 12.0. The van der Waals surface area contributed by atoms with Gasteiger partial charge in [0.05, 0.1) is 0 Å². The molecule has 1 amide bonds. The smallest absolute Gasteiger partial charge is 0.259 e. The highest BCUT2D eigenvalue weighted by atomic mass is 19.3. The van der Waals surface area contributed by atoms with Gasteiger partial charge in [-0.05, 0) is 30.4 Å². The summed E-state index contributed by atoms with van der Waals surface area (Å²) in [5, 5.41) is 6.05. The van der Waals surface area contributed by atoms with Gasteiger partial charge in [0.1, 0.15) is 5.41 Å². The van der Waals surface area contributed by atoms with Crippen molar-refractivity contribution in [3.63, 3.8) is 0 Å². The molecule has 114 valence electrons.